The summed E-state index contributed by atoms with van der Waals surface area (Å²) in [6.45, 7) is 8.27. The normalized spacial score (nSPS) is 10.8. The van der Waals surface area contributed by atoms with E-state index in [1.54, 1.807) is 6.20 Å². The Morgan fingerprint density at radius 1 is 1.21 bits per heavy atom. The van der Waals surface area contributed by atoms with Gasteiger partial charge in [-0.05, 0) is 54.8 Å². The largest absolute Gasteiger partial charge is 0.261 e. The Balaban J connectivity index is 2.09. The topological polar surface area (TPSA) is 30.2 Å². The summed E-state index contributed by atoms with van der Waals surface area (Å²) in [6, 6.07) is 8.24. The molecule has 0 aliphatic carbocycles. The van der Waals surface area contributed by atoms with Gasteiger partial charge in [-0.1, -0.05) is 6.58 Å². The van der Waals surface area contributed by atoms with Crippen LogP contribution in [0.3, 0.4) is 0 Å². The summed E-state index contributed by atoms with van der Waals surface area (Å²) < 4.78 is 1.85. The van der Waals surface area contributed by atoms with Crippen molar-refractivity contribution < 1.29 is 0 Å². The van der Waals surface area contributed by atoms with Crippen LogP contribution in [0.15, 0.2) is 49.4 Å². The molecule has 0 aliphatic rings. The zero-order valence-electron chi connectivity index (χ0n) is 11.1. The molecule has 0 fully saturated rings. The maximum atomic E-state index is 4.40. The van der Waals surface area contributed by atoms with Crippen molar-refractivity contribution in [1.29, 1.82) is 0 Å². The second kappa shape index (κ2) is 4.35. The minimum Gasteiger partial charge on any atom is -0.261 e. The molecule has 0 atom stereocenters. The Labute approximate surface area is 112 Å². The van der Waals surface area contributed by atoms with E-state index in [4.69, 9.17) is 0 Å². The Morgan fingerprint density at radius 3 is 2.89 bits per heavy atom. The average molecular weight is 249 g/mol. The molecule has 0 N–H and O–H groups in total. The number of fused-ring (bicyclic) bond motifs is 1. The molecule has 0 aliphatic heterocycles. The molecule has 0 saturated carbocycles. The first kappa shape index (κ1) is 11.7. The molecule has 3 aromatic heterocycles. The van der Waals surface area contributed by atoms with Crippen LogP contribution in [-0.4, -0.2) is 14.6 Å². The molecule has 0 saturated heterocycles. The van der Waals surface area contributed by atoms with Crippen molar-refractivity contribution in [2.24, 2.45) is 0 Å². The van der Waals surface area contributed by atoms with E-state index in [0.717, 1.165) is 33.5 Å². The minimum absolute atomic E-state index is 0.998. The van der Waals surface area contributed by atoms with Crippen molar-refractivity contribution in [3.63, 3.8) is 0 Å². The Morgan fingerprint density at radius 2 is 2.05 bits per heavy atom. The fourth-order valence-electron chi connectivity index (χ4n) is 2.21. The molecule has 3 rings (SSSR count). The quantitative estimate of drug-likeness (QED) is 0.696. The standard InChI is InChI=1S/C16H15N3/c1-11-8-16(13(3)17-10-11)12(2)14-5-7-19-15(9-14)4-6-18-19/h4-10H,2H2,1,3H3. The van der Waals surface area contributed by atoms with Crippen molar-refractivity contribution in [2.45, 2.75) is 13.8 Å². The Hall–Kier alpha value is -2.42. The molecule has 3 heteroatoms. The van der Waals surface area contributed by atoms with E-state index in [0.29, 0.717) is 0 Å². The summed E-state index contributed by atoms with van der Waals surface area (Å²) >= 11 is 0. The third kappa shape index (κ3) is 2.03. The van der Waals surface area contributed by atoms with Crippen molar-refractivity contribution >= 4 is 11.1 Å². The highest BCUT2D eigenvalue weighted by molar-refractivity contribution is 5.80. The van der Waals surface area contributed by atoms with E-state index in [1.807, 2.05) is 42.9 Å². The second-order valence-electron chi connectivity index (χ2n) is 4.74. The molecule has 0 radical (unpaired) electrons. The fourth-order valence-corrected chi connectivity index (χ4v) is 2.21. The van der Waals surface area contributed by atoms with Gasteiger partial charge in [0, 0.05) is 29.8 Å². The van der Waals surface area contributed by atoms with Gasteiger partial charge in [0.25, 0.3) is 0 Å². The maximum absolute atomic E-state index is 4.40. The van der Waals surface area contributed by atoms with Crippen molar-refractivity contribution in [1.82, 2.24) is 14.6 Å². The molecular formula is C16H15N3. The zero-order valence-corrected chi connectivity index (χ0v) is 11.1. The van der Waals surface area contributed by atoms with Crippen molar-refractivity contribution in [3.05, 3.63) is 71.8 Å². The second-order valence-corrected chi connectivity index (χ2v) is 4.74. The number of hydrogen-bond acceptors (Lipinski definition) is 2. The van der Waals surface area contributed by atoms with Crippen LogP contribution in [0.5, 0.6) is 0 Å². The molecule has 19 heavy (non-hydrogen) atoms. The Bertz CT molecular complexity index is 769. The van der Waals surface area contributed by atoms with Gasteiger partial charge < -0.3 is 0 Å². The fraction of sp³-hybridized carbons (Fsp3) is 0.125. The molecule has 3 aromatic rings. The van der Waals surface area contributed by atoms with E-state index in [9.17, 15) is 0 Å². The van der Waals surface area contributed by atoms with Gasteiger partial charge in [-0.15, -0.1) is 0 Å². The van der Waals surface area contributed by atoms with E-state index in [-0.39, 0.29) is 0 Å². The molecule has 0 aromatic carbocycles. The van der Waals surface area contributed by atoms with Crippen LogP contribution in [0, 0.1) is 13.8 Å². The lowest BCUT2D eigenvalue weighted by Gasteiger charge is -2.10. The van der Waals surface area contributed by atoms with Gasteiger partial charge >= 0.3 is 0 Å². The van der Waals surface area contributed by atoms with Crippen LogP contribution in [0.2, 0.25) is 0 Å². The van der Waals surface area contributed by atoms with E-state index in [2.05, 4.69) is 28.8 Å². The maximum Gasteiger partial charge on any atom is 0.0667 e. The highest BCUT2D eigenvalue weighted by Gasteiger charge is 2.08. The molecule has 0 bridgehead atoms. The minimum atomic E-state index is 0.998. The lowest BCUT2D eigenvalue weighted by molar-refractivity contribution is 0.960. The van der Waals surface area contributed by atoms with Gasteiger partial charge in [-0.2, -0.15) is 5.10 Å². The third-order valence-corrected chi connectivity index (χ3v) is 3.30. The van der Waals surface area contributed by atoms with Gasteiger partial charge in [-0.25, -0.2) is 4.52 Å². The zero-order chi connectivity index (χ0) is 13.4. The molecule has 0 unspecified atom stereocenters. The van der Waals surface area contributed by atoms with E-state index in [1.165, 1.54) is 0 Å². The predicted molar refractivity (Wildman–Crippen MR) is 77.0 cm³/mol. The summed E-state index contributed by atoms with van der Waals surface area (Å²) in [5.41, 5.74) is 6.41. The van der Waals surface area contributed by atoms with Gasteiger partial charge in [-0.3, -0.25) is 4.98 Å². The predicted octanol–water partition coefficient (Wildman–Crippen LogP) is 3.41. The first-order valence-electron chi connectivity index (χ1n) is 6.21. The average Bonchev–Trinajstić information content (AvgIpc) is 2.88. The number of aryl methyl sites for hydroxylation is 2. The smallest absolute Gasteiger partial charge is 0.0667 e. The van der Waals surface area contributed by atoms with Crippen LogP contribution in [-0.2, 0) is 0 Å². The van der Waals surface area contributed by atoms with Crippen LogP contribution in [0.1, 0.15) is 22.4 Å². The molecule has 3 nitrogen and oxygen atoms in total. The van der Waals surface area contributed by atoms with Gasteiger partial charge in [0.15, 0.2) is 0 Å². The number of nitrogens with zero attached hydrogens (tertiary/aromatic N) is 3. The monoisotopic (exact) mass is 249 g/mol. The van der Waals surface area contributed by atoms with Crippen molar-refractivity contribution in [3.8, 4) is 0 Å². The first-order chi connectivity index (χ1) is 9.15. The summed E-state index contributed by atoms with van der Waals surface area (Å²) in [7, 11) is 0. The van der Waals surface area contributed by atoms with Crippen LogP contribution >= 0.6 is 0 Å². The lowest BCUT2D eigenvalue weighted by atomic mass is 9.98. The Kier molecular flexibility index (Phi) is 2.67. The van der Waals surface area contributed by atoms with Gasteiger partial charge in [0.05, 0.1) is 5.52 Å². The molecule has 94 valence electrons. The highest BCUT2D eigenvalue weighted by Crippen LogP contribution is 2.25. The number of hydrogen-bond donors (Lipinski definition) is 0. The van der Waals surface area contributed by atoms with E-state index < -0.39 is 0 Å². The molecular weight excluding hydrogens is 234 g/mol. The first-order valence-corrected chi connectivity index (χ1v) is 6.21. The number of rotatable bonds is 2. The van der Waals surface area contributed by atoms with Crippen LogP contribution in [0.25, 0.3) is 11.1 Å². The molecule has 3 heterocycles. The summed E-state index contributed by atoms with van der Waals surface area (Å²) in [5, 5.41) is 4.20. The third-order valence-electron chi connectivity index (χ3n) is 3.30. The lowest BCUT2D eigenvalue weighted by Crippen LogP contribution is -1.95. The number of aromatic nitrogens is 3. The highest BCUT2D eigenvalue weighted by atomic mass is 15.2. The molecule has 0 amide bonds. The summed E-state index contributed by atoms with van der Waals surface area (Å²) in [6.07, 6.45) is 5.63. The van der Waals surface area contributed by atoms with Crippen molar-refractivity contribution in [2.75, 3.05) is 0 Å². The van der Waals surface area contributed by atoms with Gasteiger partial charge in [0.2, 0.25) is 0 Å². The van der Waals surface area contributed by atoms with Crippen LogP contribution in [0.4, 0.5) is 0 Å². The SMILES string of the molecule is C=C(c1ccn2nccc2c1)c1cc(C)cnc1C. The number of pyridine rings is 2. The summed E-state index contributed by atoms with van der Waals surface area (Å²) in [5.74, 6) is 0. The summed E-state index contributed by atoms with van der Waals surface area (Å²) in [4.78, 5) is 4.40. The van der Waals surface area contributed by atoms with E-state index >= 15 is 0 Å². The van der Waals surface area contributed by atoms with Crippen LogP contribution < -0.4 is 0 Å². The van der Waals surface area contributed by atoms with Gasteiger partial charge in [0.1, 0.15) is 0 Å². The molecule has 0 spiro atoms.